The lowest BCUT2D eigenvalue weighted by Crippen LogP contribution is -1.96. The number of fused-ring (bicyclic) bond motifs is 1. The molecule has 0 atom stereocenters. The van der Waals surface area contributed by atoms with E-state index in [1.54, 1.807) is 27.8 Å². The summed E-state index contributed by atoms with van der Waals surface area (Å²) in [7, 11) is 0. The monoisotopic (exact) mass is 326 g/mol. The average Bonchev–Trinajstić information content (AvgIpc) is 2.94. The van der Waals surface area contributed by atoms with Crippen LogP contribution in [0.15, 0.2) is 23.8 Å². The molecule has 0 unspecified atom stereocenters. The van der Waals surface area contributed by atoms with E-state index in [4.69, 9.17) is 0 Å². The van der Waals surface area contributed by atoms with E-state index in [0.29, 0.717) is 0 Å². The number of unbranched alkanes of at least 4 members (excludes halogenated alkanes) is 6. The van der Waals surface area contributed by atoms with Crippen LogP contribution in [-0.2, 0) is 12.8 Å². The van der Waals surface area contributed by atoms with Crippen LogP contribution in [0.2, 0.25) is 0 Å². The predicted octanol–water partition coefficient (Wildman–Crippen LogP) is 7.89. The van der Waals surface area contributed by atoms with Crippen LogP contribution >= 0.6 is 0 Å². The molecule has 0 amide bonds. The average molecular weight is 327 g/mol. The van der Waals surface area contributed by atoms with Crippen molar-refractivity contribution in [2.24, 2.45) is 0 Å². The van der Waals surface area contributed by atoms with Crippen molar-refractivity contribution in [1.29, 1.82) is 0 Å². The number of hydrogen-bond acceptors (Lipinski definition) is 0. The molecule has 1 aliphatic carbocycles. The van der Waals surface area contributed by atoms with Crippen molar-refractivity contribution in [3.63, 3.8) is 0 Å². The zero-order valence-electron chi connectivity index (χ0n) is 16.4. The number of aryl methyl sites for hydroxylation is 1. The normalized spacial score (nSPS) is 13.6. The highest BCUT2D eigenvalue weighted by Crippen LogP contribution is 2.40. The molecular weight excluding hydrogens is 288 g/mol. The van der Waals surface area contributed by atoms with Gasteiger partial charge in [0.2, 0.25) is 0 Å². The first-order valence-corrected chi connectivity index (χ1v) is 10.6. The highest BCUT2D eigenvalue weighted by Gasteiger charge is 2.23. The van der Waals surface area contributed by atoms with Crippen LogP contribution in [0.5, 0.6) is 0 Å². The van der Waals surface area contributed by atoms with Gasteiger partial charge in [-0.3, -0.25) is 0 Å². The Balaban J connectivity index is 2.19. The molecule has 0 N–H and O–H groups in total. The fourth-order valence-corrected chi connectivity index (χ4v) is 4.16. The Morgan fingerprint density at radius 1 is 0.708 bits per heavy atom. The van der Waals surface area contributed by atoms with Crippen LogP contribution in [0.1, 0.15) is 108 Å². The summed E-state index contributed by atoms with van der Waals surface area (Å²) in [4.78, 5) is 0. The fourth-order valence-electron chi connectivity index (χ4n) is 4.16. The van der Waals surface area contributed by atoms with Gasteiger partial charge in [0.15, 0.2) is 0 Å². The highest BCUT2D eigenvalue weighted by molar-refractivity contribution is 5.78. The summed E-state index contributed by atoms with van der Waals surface area (Å²) in [6.07, 6.45) is 17.3. The number of rotatable bonds is 12. The van der Waals surface area contributed by atoms with Gasteiger partial charge in [-0.1, -0.05) is 83.1 Å². The van der Waals surface area contributed by atoms with Gasteiger partial charge in [-0.25, -0.2) is 0 Å². The quantitative estimate of drug-likeness (QED) is 0.342. The van der Waals surface area contributed by atoms with E-state index < -0.39 is 0 Å². The van der Waals surface area contributed by atoms with Gasteiger partial charge in [-0.2, -0.15) is 0 Å². The Morgan fingerprint density at radius 3 is 2.00 bits per heavy atom. The van der Waals surface area contributed by atoms with E-state index in [9.17, 15) is 0 Å². The van der Waals surface area contributed by atoms with Crippen molar-refractivity contribution in [2.45, 2.75) is 104 Å². The minimum absolute atomic E-state index is 1.24. The molecule has 0 bridgehead atoms. The second kappa shape index (κ2) is 10.7. The maximum absolute atomic E-state index is 2.41. The van der Waals surface area contributed by atoms with Gasteiger partial charge in [-0.05, 0) is 67.2 Å². The van der Waals surface area contributed by atoms with Crippen LogP contribution in [0.25, 0.3) is 5.57 Å². The molecule has 0 nitrogen and oxygen atoms in total. The maximum Gasteiger partial charge on any atom is -0.00549 e. The van der Waals surface area contributed by atoms with Crippen molar-refractivity contribution in [1.82, 2.24) is 0 Å². The zero-order chi connectivity index (χ0) is 17.2. The summed E-state index contributed by atoms with van der Waals surface area (Å²) >= 11 is 0. The number of benzene rings is 1. The molecule has 0 spiro atoms. The van der Waals surface area contributed by atoms with E-state index in [1.165, 1.54) is 83.5 Å². The molecule has 0 radical (unpaired) electrons. The molecule has 0 aromatic heterocycles. The third kappa shape index (κ3) is 5.23. The fraction of sp³-hybridized carbons (Fsp3) is 0.667. The number of allylic oxidation sites excluding steroid dienone is 2. The second-order valence-corrected chi connectivity index (χ2v) is 7.58. The van der Waals surface area contributed by atoms with Crippen LogP contribution in [-0.4, -0.2) is 0 Å². The first-order valence-electron chi connectivity index (χ1n) is 10.6. The molecule has 0 heterocycles. The van der Waals surface area contributed by atoms with Gasteiger partial charge >= 0.3 is 0 Å². The van der Waals surface area contributed by atoms with Crippen molar-refractivity contribution in [3.8, 4) is 0 Å². The molecule has 0 fully saturated rings. The third-order valence-corrected chi connectivity index (χ3v) is 5.53. The van der Waals surface area contributed by atoms with Crippen LogP contribution in [0, 0.1) is 0 Å². The summed E-state index contributed by atoms with van der Waals surface area (Å²) in [6.45, 7) is 6.93. The summed E-state index contributed by atoms with van der Waals surface area (Å²) in [5.74, 6) is 0. The summed E-state index contributed by atoms with van der Waals surface area (Å²) in [5, 5.41) is 0. The van der Waals surface area contributed by atoms with Gasteiger partial charge in [0.05, 0.1) is 0 Å². The standard InChI is InChI=1S/C24H38/c1-4-7-10-14-20-16-13-17-22-19-21(15-11-8-5-2)23(24(20)22)18-12-9-6-3/h13,16-17H,4-12,14-15,18-19H2,1-3H3. The van der Waals surface area contributed by atoms with Gasteiger partial charge in [0, 0.05) is 0 Å². The van der Waals surface area contributed by atoms with Crippen molar-refractivity contribution in [3.05, 3.63) is 40.5 Å². The third-order valence-electron chi connectivity index (χ3n) is 5.53. The smallest absolute Gasteiger partial charge is 0.00549 e. The van der Waals surface area contributed by atoms with E-state index in [2.05, 4.69) is 39.0 Å². The summed E-state index contributed by atoms with van der Waals surface area (Å²) in [6, 6.07) is 7.10. The minimum Gasteiger partial charge on any atom is -0.0654 e. The summed E-state index contributed by atoms with van der Waals surface area (Å²) < 4.78 is 0. The molecule has 0 aliphatic heterocycles. The molecule has 0 saturated heterocycles. The van der Waals surface area contributed by atoms with E-state index >= 15 is 0 Å². The SMILES string of the molecule is CCCCCC1=C(CCCCC)c2c(CCCCC)cccc2C1. The highest BCUT2D eigenvalue weighted by atomic mass is 14.3. The molecule has 0 saturated carbocycles. The van der Waals surface area contributed by atoms with Crippen LogP contribution in [0.3, 0.4) is 0 Å². The first kappa shape index (κ1) is 19.3. The molecule has 1 aromatic carbocycles. The lowest BCUT2D eigenvalue weighted by atomic mass is 9.91. The lowest BCUT2D eigenvalue weighted by molar-refractivity contribution is 0.701. The van der Waals surface area contributed by atoms with Crippen LogP contribution in [0.4, 0.5) is 0 Å². The van der Waals surface area contributed by atoms with Crippen molar-refractivity contribution >= 4 is 5.57 Å². The molecule has 0 heteroatoms. The second-order valence-electron chi connectivity index (χ2n) is 7.58. The van der Waals surface area contributed by atoms with Gasteiger partial charge in [-0.15, -0.1) is 0 Å². The molecule has 1 aromatic rings. The molecule has 1 aliphatic rings. The molecular formula is C24H38. The Kier molecular flexibility index (Phi) is 8.64. The van der Waals surface area contributed by atoms with Gasteiger partial charge in [0.25, 0.3) is 0 Å². The van der Waals surface area contributed by atoms with Crippen LogP contribution < -0.4 is 0 Å². The minimum atomic E-state index is 1.24. The van der Waals surface area contributed by atoms with Crippen molar-refractivity contribution in [2.75, 3.05) is 0 Å². The van der Waals surface area contributed by atoms with E-state index in [1.807, 2.05) is 0 Å². The summed E-state index contributed by atoms with van der Waals surface area (Å²) in [5.41, 5.74) is 8.47. The molecule has 134 valence electrons. The zero-order valence-corrected chi connectivity index (χ0v) is 16.4. The number of hydrogen-bond donors (Lipinski definition) is 0. The Morgan fingerprint density at radius 2 is 1.33 bits per heavy atom. The first-order chi connectivity index (χ1) is 11.8. The van der Waals surface area contributed by atoms with E-state index in [-0.39, 0.29) is 0 Å². The van der Waals surface area contributed by atoms with Crippen molar-refractivity contribution < 1.29 is 0 Å². The Hall–Kier alpha value is -1.04. The molecule has 2 rings (SSSR count). The molecule has 24 heavy (non-hydrogen) atoms. The van der Waals surface area contributed by atoms with Gasteiger partial charge in [0.1, 0.15) is 0 Å². The predicted molar refractivity (Wildman–Crippen MR) is 109 cm³/mol. The Bertz CT molecular complexity index is 521. The Labute approximate surface area is 150 Å². The van der Waals surface area contributed by atoms with E-state index in [0.717, 1.165) is 0 Å². The topological polar surface area (TPSA) is 0 Å². The van der Waals surface area contributed by atoms with Gasteiger partial charge < -0.3 is 0 Å². The maximum atomic E-state index is 2.41. The lowest BCUT2D eigenvalue weighted by Gasteiger charge is -2.13. The largest absolute Gasteiger partial charge is 0.0654 e.